The molecule has 0 N–H and O–H groups in total. The van der Waals surface area contributed by atoms with Crippen molar-refractivity contribution in [3.8, 4) is 0 Å². The van der Waals surface area contributed by atoms with Gasteiger partial charge in [-0.2, -0.15) is 0 Å². The quantitative estimate of drug-likeness (QED) is 0.497. The molecule has 0 aromatic carbocycles. The zero-order valence-corrected chi connectivity index (χ0v) is 9.53. The van der Waals surface area contributed by atoms with Gasteiger partial charge < -0.3 is 0 Å². The zero-order chi connectivity index (χ0) is 11.7. The Hall–Kier alpha value is -1.38. The van der Waals surface area contributed by atoms with E-state index in [9.17, 15) is 9.59 Å². The van der Waals surface area contributed by atoms with Gasteiger partial charge in [-0.3, -0.25) is 14.5 Å². The summed E-state index contributed by atoms with van der Waals surface area (Å²) >= 11 is 0. The molecule has 3 heteroatoms. The third-order valence-corrected chi connectivity index (χ3v) is 1.99. The molecular formula is C12H19NO2. The second-order valence-electron chi connectivity index (χ2n) is 3.34. The molecule has 0 saturated heterocycles. The van der Waals surface area contributed by atoms with Crippen LogP contribution in [0.15, 0.2) is 24.8 Å². The molecule has 0 atom stereocenters. The van der Waals surface area contributed by atoms with Gasteiger partial charge in [0.15, 0.2) is 0 Å². The van der Waals surface area contributed by atoms with E-state index in [0.29, 0.717) is 6.54 Å². The minimum absolute atomic E-state index is 0.210. The van der Waals surface area contributed by atoms with Crippen LogP contribution in [0.4, 0.5) is 0 Å². The van der Waals surface area contributed by atoms with Crippen LogP contribution in [-0.4, -0.2) is 23.3 Å². The number of hydrogen-bond acceptors (Lipinski definition) is 2. The largest absolute Gasteiger partial charge is 0.279 e. The van der Waals surface area contributed by atoms with Crippen molar-refractivity contribution in [1.82, 2.24) is 4.90 Å². The Kier molecular flexibility index (Phi) is 7.24. The van der Waals surface area contributed by atoms with Gasteiger partial charge in [0.2, 0.25) is 11.8 Å². The van der Waals surface area contributed by atoms with Gasteiger partial charge in [-0.25, -0.2) is 0 Å². The SMILES string of the molecule is C=CCCCC=CCN(C(C)=O)C(C)=O. The number of unbranched alkanes of at least 4 members (excludes halogenated alkanes) is 2. The number of carbonyl (C=O) groups excluding carboxylic acids is 2. The van der Waals surface area contributed by atoms with Crippen molar-refractivity contribution in [2.75, 3.05) is 6.54 Å². The number of allylic oxidation sites excluding steroid dienone is 2. The van der Waals surface area contributed by atoms with Crippen LogP contribution in [0, 0.1) is 0 Å². The molecule has 15 heavy (non-hydrogen) atoms. The monoisotopic (exact) mass is 209 g/mol. The third-order valence-electron chi connectivity index (χ3n) is 1.99. The summed E-state index contributed by atoms with van der Waals surface area (Å²) in [4.78, 5) is 23.2. The molecule has 0 heterocycles. The van der Waals surface area contributed by atoms with E-state index in [1.807, 2.05) is 18.2 Å². The second kappa shape index (κ2) is 7.97. The first-order valence-corrected chi connectivity index (χ1v) is 5.14. The second-order valence-corrected chi connectivity index (χ2v) is 3.34. The first-order chi connectivity index (χ1) is 7.09. The van der Waals surface area contributed by atoms with E-state index in [2.05, 4.69) is 6.58 Å². The molecule has 0 radical (unpaired) electrons. The smallest absolute Gasteiger partial charge is 0.226 e. The molecule has 0 aliphatic heterocycles. The molecule has 0 bridgehead atoms. The molecule has 0 fully saturated rings. The first-order valence-electron chi connectivity index (χ1n) is 5.14. The first kappa shape index (κ1) is 13.6. The van der Waals surface area contributed by atoms with Gasteiger partial charge in [-0.15, -0.1) is 6.58 Å². The molecule has 0 saturated carbocycles. The van der Waals surface area contributed by atoms with Gasteiger partial charge in [0.25, 0.3) is 0 Å². The number of amides is 2. The van der Waals surface area contributed by atoms with Gasteiger partial charge in [-0.05, 0) is 19.3 Å². The molecular weight excluding hydrogens is 190 g/mol. The fraction of sp³-hybridized carbons (Fsp3) is 0.500. The van der Waals surface area contributed by atoms with E-state index >= 15 is 0 Å². The van der Waals surface area contributed by atoms with E-state index in [1.54, 1.807) is 0 Å². The van der Waals surface area contributed by atoms with Gasteiger partial charge in [-0.1, -0.05) is 18.2 Å². The molecule has 0 unspecified atom stereocenters. The minimum atomic E-state index is -0.210. The van der Waals surface area contributed by atoms with Crippen molar-refractivity contribution < 1.29 is 9.59 Å². The van der Waals surface area contributed by atoms with E-state index in [0.717, 1.165) is 19.3 Å². The number of nitrogens with zero attached hydrogens (tertiary/aromatic N) is 1. The summed E-state index contributed by atoms with van der Waals surface area (Å²) in [5.41, 5.74) is 0. The number of hydrogen-bond donors (Lipinski definition) is 0. The molecule has 0 aromatic rings. The summed E-state index contributed by atoms with van der Waals surface area (Å²) in [6.45, 7) is 6.80. The van der Waals surface area contributed by atoms with Crippen LogP contribution in [0.2, 0.25) is 0 Å². The lowest BCUT2D eigenvalue weighted by Crippen LogP contribution is -2.33. The van der Waals surface area contributed by atoms with E-state index in [-0.39, 0.29) is 11.8 Å². The Morgan fingerprint density at radius 1 is 1.13 bits per heavy atom. The van der Waals surface area contributed by atoms with Crippen LogP contribution in [0.1, 0.15) is 33.1 Å². The van der Waals surface area contributed by atoms with Crippen LogP contribution in [0.25, 0.3) is 0 Å². The maximum atomic E-state index is 11.0. The fourth-order valence-corrected chi connectivity index (χ4v) is 1.16. The highest BCUT2D eigenvalue weighted by atomic mass is 16.2. The molecule has 3 nitrogen and oxygen atoms in total. The van der Waals surface area contributed by atoms with Crippen molar-refractivity contribution in [1.29, 1.82) is 0 Å². The maximum absolute atomic E-state index is 11.0. The van der Waals surface area contributed by atoms with Crippen LogP contribution in [-0.2, 0) is 9.59 Å². The van der Waals surface area contributed by atoms with Gasteiger partial charge in [0, 0.05) is 20.4 Å². The highest BCUT2D eigenvalue weighted by molar-refractivity contribution is 5.93. The molecule has 0 aliphatic rings. The highest BCUT2D eigenvalue weighted by Crippen LogP contribution is 1.98. The van der Waals surface area contributed by atoms with E-state index in [1.165, 1.54) is 18.7 Å². The Morgan fingerprint density at radius 2 is 1.73 bits per heavy atom. The lowest BCUT2D eigenvalue weighted by molar-refractivity contribution is -0.141. The van der Waals surface area contributed by atoms with Crippen molar-refractivity contribution in [3.05, 3.63) is 24.8 Å². The zero-order valence-electron chi connectivity index (χ0n) is 9.53. The number of imide groups is 1. The average Bonchev–Trinajstić information content (AvgIpc) is 2.15. The number of carbonyl (C=O) groups is 2. The van der Waals surface area contributed by atoms with Crippen LogP contribution in [0.5, 0.6) is 0 Å². The standard InChI is InChI=1S/C12H19NO2/c1-4-5-6-7-8-9-10-13(11(2)14)12(3)15/h4,8-9H,1,5-7,10H2,2-3H3. The summed E-state index contributed by atoms with van der Waals surface area (Å²) in [6, 6.07) is 0. The predicted molar refractivity (Wildman–Crippen MR) is 61.3 cm³/mol. The van der Waals surface area contributed by atoms with Crippen molar-refractivity contribution >= 4 is 11.8 Å². The number of rotatable bonds is 6. The predicted octanol–water partition coefficient (Wildman–Crippen LogP) is 2.29. The molecule has 2 amide bonds. The Balaban J connectivity index is 3.84. The third kappa shape index (κ3) is 6.66. The van der Waals surface area contributed by atoms with Gasteiger partial charge in [0.05, 0.1) is 0 Å². The van der Waals surface area contributed by atoms with Crippen LogP contribution >= 0.6 is 0 Å². The molecule has 0 rings (SSSR count). The molecule has 0 spiro atoms. The molecule has 84 valence electrons. The summed E-state index contributed by atoms with van der Waals surface area (Å²) in [6.07, 6.45) is 8.73. The normalized spacial score (nSPS) is 10.3. The van der Waals surface area contributed by atoms with E-state index in [4.69, 9.17) is 0 Å². The lowest BCUT2D eigenvalue weighted by atomic mass is 10.2. The van der Waals surface area contributed by atoms with E-state index < -0.39 is 0 Å². The van der Waals surface area contributed by atoms with Crippen molar-refractivity contribution in [2.45, 2.75) is 33.1 Å². The minimum Gasteiger partial charge on any atom is -0.279 e. The highest BCUT2D eigenvalue weighted by Gasteiger charge is 2.10. The summed E-state index contributed by atoms with van der Waals surface area (Å²) in [7, 11) is 0. The molecule has 0 aliphatic carbocycles. The maximum Gasteiger partial charge on any atom is 0.226 e. The summed E-state index contributed by atoms with van der Waals surface area (Å²) in [5.74, 6) is -0.420. The van der Waals surface area contributed by atoms with Crippen molar-refractivity contribution in [2.24, 2.45) is 0 Å². The average molecular weight is 209 g/mol. The fourth-order valence-electron chi connectivity index (χ4n) is 1.16. The van der Waals surface area contributed by atoms with Gasteiger partial charge in [0.1, 0.15) is 0 Å². The molecule has 0 aromatic heterocycles. The topological polar surface area (TPSA) is 37.4 Å². The van der Waals surface area contributed by atoms with Gasteiger partial charge >= 0.3 is 0 Å². The lowest BCUT2D eigenvalue weighted by Gasteiger charge is -2.13. The van der Waals surface area contributed by atoms with Crippen LogP contribution in [0.3, 0.4) is 0 Å². The Bertz CT molecular complexity index is 242. The summed E-state index contributed by atoms with van der Waals surface area (Å²) in [5, 5.41) is 0. The Labute approximate surface area is 91.5 Å². The van der Waals surface area contributed by atoms with Crippen LogP contribution < -0.4 is 0 Å². The van der Waals surface area contributed by atoms with Crippen molar-refractivity contribution in [3.63, 3.8) is 0 Å². The Morgan fingerprint density at radius 3 is 2.20 bits per heavy atom. The summed E-state index contributed by atoms with van der Waals surface area (Å²) < 4.78 is 0.